The average Bonchev–Trinajstić information content (AvgIpc) is 3.27. The molecule has 0 aliphatic heterocycles. The van der Waals surface area contributed by atoms with Crippen LogP contribution < -0.4 is 0 Å². The zero-order valence-corrected chi connectivity index (χ0v) is 30.6. The van der Waals surface area contributed by atoms with Gasteiger partial charge in [0.15, 0.2) is 93.1 Å². The van der Waals surface area contributed by atoms with Crippen LogP contribution in [-0.4, -0.2) is 17.4 Å². The van der Waals surface area contributed by atoms with Crippen LogP contribution in [-0.2, 0) is 10.3 Å². The zero-order valence-electron chi connectivity index (χ0n) is 30.6. The van der Waals surface area contributed by atoms with Crippen LogP contribution in [0.15, 0.2) is 91.0 Å². The number of rotatable bonds is 9. The lowest BCUT2D eigenvalue weighted by molar-refractivity contribution is 0.0816. The van der Waals surface area contributed by atoms with Crippen molar-refractivity contribution in [3.05, 3.63) is 201 Å². The maximum atomic E-state index is 15.7. The van der Waals surface area contributed by atoms with Gasteiger partial charge < -0.3 is 14.7 Å². The van der Waals surface area contributed by atoms with Gasteiger partial charge in [-0.05, 0) is 69.3 Å². The first kappa shape index (κ1) is 44.4. The van der Waals surface area contributed by atoms with Gasteiger partial charge in [-0.2, -0.15) is 0 Å². The summed E-state index contributed by atoms with van der Waals surface area (Å²) in [6, 6.07) is 10.3. The summed E-state index contributed by atoms with van der Waals surface area (Å²) in [5, 5.41) is 20.8. The maximum Gasteiger partial charge on any atom is 0.635 e. The van der Waals surface area contributed by atoms with E-state index in [0.29, 0.717) is 12.1 Å². The Morgan fingerprint density at radius 3 is 0.952 bits per heavy atom. The van der Waals surface area contributed by atoms with Gasteiger partial charge in [0.1, 0.15) is 5.60 Å². The predicted octanol–water partition coefficient (Wildman–Crippen LogP) is 11.9. The van der Waals surface area contributed by atoms with E-state index in [1.165, 1.54) is 0 Å². The Labute approximate surface area is 342 Å². The second-order valence-electron chi connectivity index (χ2n) is 13.4. The van der Waals surface area contributed by atoms with E-state index in [-0.39, 0.29) is 46.5 Å². The van der Waals surface area contributed by atoms with Crippen molar-refractivity contribution in [1.82, 2.24) is 0 Å². The smallest absolute Gasteiger partial charge is 0.402 e. The minimum atomic E-state index is -2.93. The lowest BCUT2D eigenvalue weighted by Crippen LogP contribution is -2.39. The molecule has 0 aromatic heterocycles. The summed E-state index contributed by atoms with van der Waals surface area (Å²) in [5.41, 5.74) is -11.0. The van der Waals surface area contributed by atoms with E-state index >= 15 is 8.78 Å². The molecule has 0 spiro atoms. The lowest BCUT2D eigenvalue weighted by atomic mass is 9.76. The molecule has 0 atom stereocenters. The third-order valence-corrected chi connectivity index (χ3v) is 9.90. The molecule has 0 saturated carbocycles. The van der Waals surface area contributed by atoms with E-state index < -0.39 is 145 Å². The number of benzene rings is 7. The van der Waals surface area contributed by atoms with E-state index in [9.17, 15) is 71.5 Å². The highest BCUT2D eigenvalue weighted by Crippen LogP contribution is 2.47. The summed E-state index contributed by atoms with van der Waals surface area (Å²) < 4.78 is 238. The van der Waals surface area contributed by atoms with E-state index in [2.05, 4.69) is 0 Å². The van der Waals surface area contributed by atoms with Crippen molar-refractivity contribution in [3.63, 3.8) is 0 Å². The summed E-state index contributed by atoms with van der Waals surface area (Å²) >= 11 is 0. The highest BCUT2D eigenvalue weighted by Gasteiger charge is 2.42. The fourth-order valence-electron chi connectivity index (χ4n) is 6.96. The van der Waals surface area contributed by atoms with Gasteiger partial charge in [0.05, 0.1) is 0 Å². The number of hydrogen-bond donors (Lipinski definition) is 2. The molecular formula is C43H17BF16O3. The normalized spacial score (nSPS) is 11.7. The third-order valence-electron chi connectivity index (χ3n) is 9.90. The zero-order chi connectivity index (χ0) is 46.0. The van der Waals surface area contributed by atoms with E-state index in [4.69, 9.17) is 4.65 Å². The molecule has 2 N–H and O–H groups in total. The lowest BCUT2D eigenvalue weighted by Gasteiger charge is -2.37. The molecule has 63 heavy (non-hydrogen) atoms. The SMILES string of the molecule is OB(O)OC(c1ccc(-c2cc(F)c(F)c(F)c2F)cc1)(c1ccc(-c2cc(F)c(F)c(F)c2F)cc1)c1ccc(-c2cc(F)c(F)c(F)c2F)c(-c2cc(F)c(F)c(F)c2F)c1. The highest BCUT2D eigenvalue weighted by atomic mass is 19.2. The van der Waals surface area contributed by atoms with Crippen molar-refractivity contribution in [2.24, 2.45) is 0 Å². The third kappa shape index (κ3) is 7.46. The quantitative estimate of drug-likeness (QED) is 0.0499. The molecule has 0 saturated heterocycles. The average molecular weight is 896 g/mol. The van der Waals surface area contributed by atoms with Gasteiger partial charge in [0.2, 0.25) is 0 Å². The minimum Gasteiger partial charge on any atom is -0.402 e. The molecular weight excluding hydrogens is 879 g/mol. The molecule has 0 bridgehead atoms. The van der Waals surface area contributed by atoms with Gasteiger partial charge in [0, 0.05) is 22.3 Å². The van der Waals surface area contributed by atoms with Gasteiger partial charge in [0.25, 0.3) is 0 Å². The predicted molar refractivity (Wildman–Crippen MR) is 192 cm³/mol. The van der Waals surface area contributed by atoms with Crippen molar-refractivity contribution in [2.75, 3.05) is 0 Å². The molecule has 3 nitrogen and oxygen atoms in total. The Morgan fingerprint density at radius 2 is 0.603 bits per heavy atom. The summed E-state index contributed by atoms with van der Waals surface area (Å²) in [7, 11) is -2.93. The van der Waals surface area contributed by atoms with Gasteiger partial charge >= 0.3 is 7.32 Å². The molecule has 0 aliphatic carbocycles. The molecule has 7 aromatic carbocycles. The van der Waals surface area contributed by atoms with Crippen molar-refractivity contribution >= 4 is 7.32 Å². The molecule has 7 aromatic rings. The van der Waals surface area contributed by atoms with Crippen LogP contribution in [0, 0.1) is 93.1 Å². The van der Waals surface area contributed by atoms with Crippen molar-refractivity contribution < 1.29 is 84.9 Å². The Hall–Kier alpha value is -6.64. The minimum absolute atomic E-state index is 0.0303. The summed E-state index contributed by atoms with van der Waals surface area (Å²) in [5.74, 6) is -34.1. The molecule has 0 aliphatic rings. The standard InChI is InChI=1S/C43H17BF16O3/c45-27-12-22(31(49)39(57)35(27)53)16-1-5-18(6-2-16)43(63-44(61)62,19-7-3-17(4-8-19)23-13-28(46)36(54)40(58)32(23)50)20-9-10-21(25-14-29(47)37(55)41(59)33(25)51)24(11-20)26-15-30(48)38(56)42(60)34(26)52/h1-15,61-62H. The van der Waals surface area contributed by atoms with E-state index in [1.54, 1.807) is 0 Å². The summed E-state index contributed by atoms with van der Waals surface area (Å²) in [4.78, 5) is 0. The largest absolute Gasteiger partial charge is 0.635 e. The van der Waals surface area contributed by atoms with Crippen LogP contribution in [0.1, 0.15) is 16.7 Å². The summed E-state index contributed by atoms with van der Waals surface area (Å²) in [6.45, 7) is 0. The van der Waals surface area contributed by atoms with Gasteiger partial charge in [-0.25, -0.2) is 70.2 Å². The first-order valence-corrected chi connectivity index (χ1v) is 17.4. The van der Waals surface area contributed by atoms with Crippen molar-refractivity contribution in [1.29, 1.82) is 0 Å². The van der Waals surface area contributed by atoms with Crippen LogP contribution >= 0.6 is 0 Å². The first-order chi connectivity index (χ1) is 29.7. The van der Waals surface area contributed by atoms with E-state index in [1.807, 2.05) is 0 Å². The van der Waals surface area contributed by atoms with E-state index in [0.717, 1.165) is 54.6 Å². The number of halogens is 16. The highest BCUT2D eigenvalue weighted by molar-refractivity contribution is 6.33. The number of hydrogen-bond acceptors (Lipinski definition) is 3. The van der Waals surface area contributed by atoms with Gasteiger partial charge in [-0.1, -0.05) is 60.7 Å². The van der Waals surface area contributed by atoms with Gasteiger partial charge in [-0.15, -0.1) is 0 Å². The second-order valence-corrected chi connectivity index (χ2v) is 13.4. The van der Waals surface area contributed by atoms with Gasteiger partial charge in [-0.3, -0.25) is 0 Å². The molecule has 0 fully saturated rings. The van der Waals surface area contributed by atoms with Crippen LogP contribution in [0.5, 0.6) is 0 Å². The molecule has 0 heterocycles. The molecule has 0 amide bonds. The Kier molecular flexibility index (Phi) is 11.7. The Bertz CT molecular complexity index is 2870. The molecule has 20 heteroatoms. The summed E-state index contributed by atoms with van der Waals surface area (Å²) in [6.07, 6.45) is 0. The van der Waals surface area contributed by atoms with Crippen molar-refractivity contribution in [2.45, 2.75) is 5.60 Å². The van der Waals surface area contributed by atoms with Crippen LogP contribution in [0.2, 0.25) is 0 Å². The van der Waals surface area contributed by atoms with Crippen molar-refractivity contribution in [3.8, 4) is 44.5 Å². The molecule has 322 valence electrons. The van der Waals surface area contributed by atoms with Crippen LogP contribution in [0.3, 0.4) is 0 Å². The second kappa shape index (κ2) is 16.6. The fraction of sp³-hybridized carbons (Fsp3) is 0.0233. The van der Waals surface area contributed by atoms with Crippen LogP contribution in [0.4, 0.5) is 70.2 Å². The van der Waals surface area contributed by atoms with Crippen LogP contribution in [0.25, 0.3) is 44.5 Å². The fourth-order valence-corrected chi connectivity index (χ4v) is 6.96. The Balaban J connectivity index is 1.56. The Morgan fingerprint density at radius 1 is 0.302 bits per heavy atom. The molecule has 0 unspecified atom stereocenters. The monoisotopic (exact) mass is 896 g/mol. The topological polar surface area (TPSA) is 49.7 Å². The first-order valence-electron chi connectivity index (χ1n) is 17.4. The maximum absolute atomic E-state index is 15.7. The molecule has 7 rings (SSSR count). The molecule has 0 radical (unpaired) electrons.